The molecule has 1 amide bonds. The lowest BCUT2D eigenvalue weighted by molar-refractivity contribution is 0.102. The van der Waals surface area contributed by atoms with Gasteiger partial charge in [-0.3, -0.25) is 9.78 Å². The molecule has 1 heterocycles. The van der Waals surface area contributed by atoms with Crippen LogP contribution in [0.3, 0.4) is 0 Å². The average molecular weight is 292 g/mol. The van der Waals surface area contributed by atoms with E-state index >= 15 is 0 Å². The molecule has 86 valence electrons. The number of hydrogen-bond acceptors (Lipinski definition) is 3. The summed E-state index contributed by atoms with van der Waals surface area (Å²) in [5.74, 6) is -0.230. The van der Waals surface area contributed by atoms with Gasteiger partial charge in [-0.05, 0) is 30.3 Å². The number of nitrogens with zero attached hydrogens (tertiary/aromatic N) is 1. The van der Waals surface area contributed by atoms with Gasteiger partial charge in [-0.1, -0.05) is 15.9 Å². The van der Waals surface area contributed by atoms with E-state index in [9.17, 15) is 4.79 Å². The maximum Gasteiger partial charge on any atom is 0.257 e. The molecular weight excluding hydrogens is 282 g/mol. The fourth-order valence-electron chi connectivity index (χ4n) is 1.34. The Morgan fingerprint density at radius 1 is 1.35 bits per heavy atom. The molecule has 0 radical (unpaired) electrons. The summed E-state index contributed by atoms with van der Waals surface area (Å²) in [6.07, 6.45) is 3.12. The molecule has 0 aliphatic heterocycles. The number of carbonyl (C=O) groups is 1. The number of nitrogen functional groups attached to an aromatic ring is 1. The highest BCUT2D eigenvalue weighted by Crippen LogP contribution is 2.23. The Morgan fingerprint density at radius 2 is 2.18 bits per heavy atom. The molecule has 0 unspecified atom stereocenters. The minimum atomic E-state index is -0.230. The van der Waals surface area contributed by atoms with Crippen LogP contribution in [0.2, 0.25) is 0 Å². The van der Waals surface area contributed by atoms with E-state index in [0.717, 1.165) is 4.47 Å². The van der Waals surface area contributed by atoms with Gasteiger partial charge >= 0.3 is 0 Å². The predicted molar refractivity (Wildman–Crippen MR) is 70.7 cm³/mol. The molecule has 4 nitrogen and oxygen atoms in total. The number of hydrogen-bond donors (Lipinski definition) is 2. The van der Waals surface area contributed by atoms with Crippen LogP contribution in [0.15, 0.2) is 47.2 Å². The van der Waals surface area contributed by atoms with Crippen LogP contribution in [0.25, 0.3) is 0 Å². The fourth-order valence-corrected chi connectivity index (χ4v) is 1.72. The molecule has 2 rings (SSSR count). The molecular formula is C12H10BrN3O. The van der Waals surface area contributed by atoms with Crippen molar-refractivity contribution in [1.82, 2.24) is 4.98 Å². The van der Waals surface area contributed by atoms with Crippen LogP contribution in [0.1, 0.15) is 10.4 Å². The second-order valence-corrected chi connectivity index (χ2v) is 4.34. The molecule has 3 N–H and O–H groups in total. The monoisotopic (exact) mass is 291 g/mol. The maximum atomic E-state index is 11.8. The molecule has 0 spiro atoms. The van der Waals surface area contributed by atoms with Gasteiger partial charge in [0.05, 0.1) is 16.9 Å². The van der Waals surface area contributed by atoms with Crippen LogP contribution < -0.4 is 11.1 Å². The second-order valence-electron chi connectivity index (χ2n) is 3.43. The first-order valence-corrected chi connectivity index (χ1v) is 5.72. The van der Waals surface area contributed by atoms with E-state index in [-0.39, 0.29) is 5.91 Å². The van der Waals surface area contributed by atoms with Gasteiger partial charge in [0.1, 0.15) is 0 Å². The largest absolute Gasteiger partial charge is 0.397 e. The molecule has 0 saturated carbocycles. The van der Waals surface area contributed by atoms with Crippen molar-refractivity contribution >= 4 is 33.2 Å². The number of nitrogens with one attached hydrogen (secondary N) is 1. The van der Waals surface area contributed by atoms with E-state index in [2.05, 4.69) is 26.2 Å². The van der Waals surface area contributed by atoms with E-state index in [1.165, 1.54) is 6.20 Å². The van der Waals surface area contributed by atoms with E-state index in [1.807, 2.05) is 6.07 Å². The molecule has 5 heteroatoms. The molecule has 17 heavy (non-hydrogen) atoms. The first kappa shape index (κ1) is 11.6. The molecule has 0 bridgehead atoms. The number of halogens is 1. The summed E-state index contributed by atoms with van der Waals surface area (Å²) in [5.41, 5.74) is 7.38. The van der Waals surface area contributed by atoms with Gasteiger partial charge in [0.15, 0.2) is 0 Å². The lowest BCUT2D eigenvalue weighted by Crippen LogP contribution is -2.13. The van der Waals surface area contributed by atoms with Gasteiger partial charge in [-0.15, -0.1) is 0 Å². The van der Waals surface area contributed by atoms with Crippen molar-refractivity contribution < 1.29 is 4.79 Å². The van der Waals surface area contributed by atoms with Crippen molar-refractivity contribution in [2.75, 3.05) is 11.1 Å². The van der Waals surface area contributed by atoms with Gasteiger partial charge in [-0.2, -0.15) is 0 Å². The Morgan fingerprint density at radius 3 is 2.82 bits per heavy atom. The van der Waals surface area contributed by atoms with Gasteiger partial charge < -0.3 is 11.1 Å². The molecule has 1 aromatic heterocycles. The highest BCUT2D eigenvalue weighted by atomic mass is 79.9. The lowest BCUT2D eigenvalue weighted by Gasteiger charge is -2.08. The van der Waals surface area contributed by atoms with Crippen molar-refractivity contribution in [3.05, 3.63) is 52.8 Å². The van der Waals surface area contributed by atoms with Crippen LogP contribution in [0.4, 0.5) is 11.4 Å². The molecule has 0 aliphatic rings. The standard InChI is InChI=1S/C12H10BrN3O/c13-9-3-4-11(10(14)6-9)16-12(17)8-2-1-5-15-7-8/h1-7H,14H2,(H,16,17). The average Bonchev–Trinajstić information content (AvgIpc) is 2.34. The van der Waals surface area contributed by atoms with Crippen molar-refractivity contribution in [3.8, 4) is 0 Å². The zero-order valence-electron chi connectivity index (χ0n) is 8.85. The van der Waals surface area contributed by atoms with Crippen LogP contribution in [-0.2, 0) is 0 Å². The predicted octanol–water partition coefficient (Wildman–Crippen LogP) is 2.68. The highest BCUT2D eigenvalue weighted by molar-refractivity contribution is 9.10. The molecule has 0 aliphatic carbocycles. The first-order chi connectivity index (χ1) is 8.16. The fraction of sp³-hybridized carbons (Fsp3) is 0. The Bertz CT molecular complexity index is 543. The normalized spacial score (nSPS) is 9.94. The summed E-state index contributed by atoms with van der Waals surface area (Å²) in [6.45, 7) is 0. The number of pyridine rings is 1. The Kier molecular flexibility index (Phi) is 3.39. The number of rotatable bonds is 2. The first-order valence-electron chi connectivity index (χ1n) is 4.93. The number of nitrogens with two attached hydrogens (primary N) is 1. The molecule has 0 fully saturated rings. The van der Waals surface area contributed by atoms with E-state index in [1.54, 1.807) is 30.5 Å². The summed E-state index contributed by atoms with van der Waals surface area (Å²) in [5, 5.41) is 2.73. The smallest absolute Gasteiger partial charge is 0.257 e. The number of aromatic nitrogens is 1. The molecule has 0 atom stereocenters. The maximum absolute atomic E-state index is 11.8. The number of amides is 1. The number of carbonyl (C=O) groups excluding carboxylic acids is 1. The summed E-state index contributed by atoms with van der Waals surface area (Å²) in [6, 6.07) is 8.69. The van der Waals surface area contributed by atoms with E-state index in [4.69, 9.17) is 5.73 Å². The van der Waals surface area contributed by atoms with Crippen LogP contribution >= 0.6 is 15.9 Å². The highest BCUT2D eigenvalue weighted by Gasteiger charge is 2.07. The van der Waals surface area contributed by atoms with Gasteiger partial charge in [-0.25, -0.2) is 0 Å². The topological polar surface area (TPSA) is 68.0 Å². The molecule has 1 aromatic carbocycles. The summed E-state index contributed by atoms with van der Waals surface area (Å²) in [4.78, 5) is 15.7. The SMILES string of the molecule is Nc1cc(Br)ccc1NC(=O)c1cccnc1. The second kappa shape index (κ2) is 4.97. The third kappa shape index (κ3) is 2.82. The van der Waals surface area contributed by atoms with Gasteiger partial charge in [0.25, 0.3) is 5.91 Å². The minimum absolute atomic E-state index is 0.230. The third-order valence-electron chi connectivity index (χ3n) is 2.19. The van der Waals surface area contributed by atoms with Crippen molar-refractivity contribution in [3.63, 3.8) is 0 Å². The van der Waals surface area contributed by atoms with Gasteiger partial charge in [0, 0.05) is 16.9 Å². The van der Waals surface area contributed by atoms with Crippen molar-refractivity contribution in [2.24, 2.45) is 0 Å². The quantitative estimate of drug-likeness (QED) is 0.836. The summed E-state index contributed by atoms with van der Waals surface area (Å²) in [7, 11) is 0. The molecule has 0 saturated heterocycles. The summed E-state index contributed by atoms with van der Waals surface area (Å²) >= 11 is 3.30. The lowest BCUT2D eigenvalue weighted by atomic mass is 10.2. The van der Waals surface area contributed by atoms with Crippen LogP contribution in [-0.4, -0.2) is 10.9 Å². The number of anilines is 2. The minimum Gasteiger partial charge on any atom is -0.397 e. The zero-order chi connectivity index (χ0) is 12.3. The third-order valence-corrected chi connectivity index (χ3v) is 2.68. The zero-order valence-corrected chi connectivity index (χ0v) is 10.4. The Labute approximate surface area is 107 Å². The van der Waals surface area contributed by atoms with Crippen LogP contribution in [0.5, 0.6) is 0 Å². The van der Waals surface area contributed by atoms with E-state index in [0.29, 0.717) is 16.9 Å². The van der Waals surface area contributed by atoms with Crippen molar-refractivity contribution in [1.29, 1.82) is 0 Å². The Balaban J connectivity index is 2.19. The Hall–Kier alpha value is -1.88. The molecule has 2 aromatic rings. The van der Waals surface area contributed by atoms with Gasteiger partial charge in [0.2, 0.25) is 0 Å². The number of benzene rings is 1. The van der Waals surface area contributed by atoms with Crippen molar-refractivity contribution in [2.45, 2.75) is 0 Å². The van der Waals surface area contributed by atoms with E-state index < -0.39 is 0 Å². The summed E-state index contributed by atoms with van der Waals surface area (Å²) < 4.78 is 0.870. The van der Waals surface area contributed by atoms with Crippen LogP contribution in [0, 0.1) is 0 Å².